The molecule has 1 fully saturated rings. The number of piperidine rings is 1. The second-order valence-electron chi connectivity index (χ2n) is 6.18. The van der Waals surface area contributed by atoms with Crippen LogP contribution in [0.25, 0.3) is 0 Å². The quantitative estimate of drug-likeness (QED) is 0.769. The van der Waals surface area contributed by atoms with E-state index in [1.165, 1.54) is 17.0 Å². The molecule has 0 saturated carbocycles. The molecule has 0 radical (unpaired) electrons. The Labute approximate surface area is 154 Å². The van der Waals surface area contributed by atoms with Crippen molar-refractivity contribution in [1.29, 1.82) is 0 Å². The predicted molar refractivity (Wildman–Crippen MR) is 96.0 cm³/mol. The molecule has 3 rings (SSSR count). The molecule has 0 bridgehead atoms. The van der Waals surface area contributed by atoms with Gasteiger partial charge in [0.1, 0.15) is 11.6 Å². The third-order valence-corrected chi connectivity index (χ3v) is 4.92. The van der Waals surface area contributed by atoms with E-state index in [2.05, 4.69) is 0 Å². The lowest BCUT2D eigenvalue weighted by Crippen LogP contribution is -2.41. The first kappa shape index (κ1) is 18.0. The van der Waals surface area contributed by atoms with Gasteiger partial charge in [-0.25, -0.2) is 8.78 Å². The van der Waals surface area contributed by atoms with Crippen molar-refractivity contribution >= 4 is 40.5 Å². The molecule has 3 nitrogen and oxygen atoms in total. The summed E-state index contributed by atoms with van der Waals surface area (Å²) in [4.78, 5) is 13.9. The van der Waals surface area contributed by atoms with Crippen molar-refractivity contribution < 1.29 is 13.6 Å². The minimum Gasteiger partial charge on any atom is -0.399 e. The predicted octanol–water partition coefficient (Wildman–Crippen LogP) is 4.84. The number of hydrogen-bond acceptors (Lipinski definition) is 2. The topological polar surface area (TPSA) is 46.3 Å². The Morgan fingerprint density at radius 3 is 2.48 bits per heavy atom. The summed E-state index contributed by atoms with van der Waals surface area (Å²) in [5.74, 6) is -1.26. The lowest BCUT2D eigenvalue weighted by molar-refractivity contribution is -0.120. The van der Waals surface area contributed by atoms with Gasteiger partial charge in [-0.2, -0.15) is 0 Å². The van der Waals surface area contributed by atoms with Gasteiger partial charge in [-0.05, 0) is 42.5 Å². The number of nitrogens with zero attached hydrogens (tertiary/aromatic N) is 1. The zero-order valence-corrected chi connectivity index (χ0v) is 14.7. The van der Waals surface area contributed by atoms with E-state index < -0.39 is 11.6 Å². The highest BCUT2D eigenvalue weighted by Crippen LogP contribution is 2.38. The smallest absolute Gasteiger partial charge is 0.227 e. The fraction of sp³-hybridized carbons (Fsp3) is 0.278. The van der Waals surface area contributed by atoms with Crippen molar-refractivity contribution in [1.82, 2.24) is 0 Å². The molecule has 132 valence electrons. The molecule has 1 aliphatic rings. The fourth-order valence-corrected chi connectivity index (χ4v) is 3.85. The molecule has 2 aromatic rings. The average Bonchev–Trinajstić information content (AvgIpc) is 2.52. The van der Waals surface area contributed by atoms with Gasteiger partial charge < -0.3 is 10.6 Å². The van der Waals surface area contributed by atoms with Crippen molar-refractivity contribution in [2.75, 3.05) is 17.2 Å². The molecule has 1 amide bonds. The third-order valence-electron chi connectivity index (χ3n) is 4.34. The molecule has 0 aliphatic carbocycles. The zero-order valence-electron chi connectivity index (χ0n) is 13.2. The summed E-state index contributed by atoms with van der Waals surface area (Å²) in [6.07, 6.45) is 1.33. The summed E-state index contributed by atoms with van der Waals surface area (Å²) in [7, 11) is 0. The average molecular weight is 385 g/mol. The van der Waals surface area contributed by atoms with Crippen molar-refractivity contribution in [2.45, 2.75) is 19.3 Å². The largest absolute Gasteiger partial charge is 0.399 e. The highest BCUT2D eigenvalue weighted by atomic mass is 35.5. The third kappa shape index (κ3) is 3.88. The number of carbonyl (C=O) groups excluding carboxylic acids is 1. The molecule has 0 aromatic heterocycles. The van der Waals surface area contributed by atoms with E-state index in [4.69, 9.17) is 28.9 Å². The number of nitrogens with two attached hydrogens (primary N) is 1. The maximum Gasteiger partial charge on any atom is 0.227 e. The molecule has 2 N–H and O–H groups in total. The minimum atomic E-state index is -0.609. The van der Waals surface area contributed by atoms with E-state index in [1.807, 2.05) is 0 Å². The monoisotopic (exact) mass is 384 g/mol. The number of rotatable bonds is 3. The van der Waals surface area contributed by atoms with E-state index in [1.54, 1.807) is 12.1 Å². The summed E-state index contributed by atoms with van der Waals surface area (Å²) in [6, 6.07) is 6.62. The van der Waals surface area contributed by atoms with Crippen LogP contribution in [0.5, 0.6) is 0 Å². The maximum absolute atomic E-state index is 13.9. The van der Waals surface area contributed by atoms with Crippen molar-refractivity contribution in [3.8, 4) is 0 Å². The van der Waals surface area contributed by atoms with Gasteiger partial charge in [-0.1, -0.05) is 29.3 Å². The van der Waals surface area contributed by atoms with Crippen LogP contribution in [-0.4, -0.2) is 12.5 Å². The van der Waals surface area contributed by atoms with Crippen LogP contribution in [0, 0.1) is 17.6 Å². The molecular formula is C18H16Cl2F2N2O. The van der Waals surface area contributed by atoms with Crippen molar-refractivity contribution in [2.24, 2.45) is 5.92 Å². The molecule has 1 unspecified atom stereocenters. The summed E-state index contributed by atoms with van der Waals surface area (Å²) in [5, 5.41) is 0.596. The van der Waals surface area contributed by atoms with E-state index >= 15 is 0 Å². The number of nitrogen functional groups attached to an aromatic ring is 1. The highest BCUT2D eigenvalue weighted by Gasteiger charge is 2.30. The van der Waals surface area contributed by atoms with Gasteiger partial charge in [0.25, 0.3) is 0 Å². The molecular weight excluding hydrogens is 369 g/mol. The van der Waals surface area contributed by atoms with Crippen molar-refractivity contribution in [3.63, 3.8) is 0 Å². The number of halogens is 4. The Morgan fingerprint density at radius 1 is 1.16 bits per heavy atom. The summed E-state index contributed by atoms with van der Waals surface area (Å²) in [5.41, 5.74) is 6.97. The molecule has 1 aliphatic heterocycles. The minimum absolute atomic E-state index is 0.0161. The van der Waals surface area contributed by atoms with Crippen molar-refractivity contribution in [3.05, 3.63) is 57.6 Å². The second kappa shape index (κ2) is 7.18. The van der Waals surface area contributed by atoms with E-state index in [9.17, 15) is 13.6 Å². The van der Waals surface area contributed by atoms with Crippen LogP contribution in [-0.2, 0) is 11.2 Å². The normalized spacial score (nSPS) is 17.8. The highest BCUT2D eigenvalue weighted by molar-refractivity contribution is 6.40. The van der Waals surface area contributed by atoms with Gasteiger partial charge in [0.15, 0.2) is 0 Å². The Balaban J connectivity index is 1.84. The summed E-state index contributed by atoms with van der Waals surface area (Å²) < 4.78 is 26.9. The van der Waals surface area contributed by atoms with Gasteiger partial charge in [-0.3, -0.25) is 4.79 Å². The van der Waals surface area contributed by atoms with Crippen LogP contribution in [0.2, 0.25) is 10.0 Å². The molecule has 25 heavy (non-hydrogen) atoms. The van der Waals surface area contributed by atoms with Crippen LogP contribution in [0.4, 0.5) is 20.2 Å². The number of amides is 1. The molecule has 1 saturated heterocycles. The first-order chi connectivity index (χ1) is 11.8. The van der Waals surface area contributed by atoms with Crippen LogP contribution < -0.4 is 10.6 Å². The van der Waals surface area contributed by atoms with E-state index in [0.29, 0.717) is 52.8 Å². The van der Waals surface area contributed by atoms with Gasteiger partial charge in [0.2, 0.25) is 5.91 Å². The van der Waals surface area contributed by atoms with Crippen LogP contribution >= 0.6 is 23.2 Å². The molecule has 1 atom stereocenters. The van der Waals surface area contributed by atoms with E-state index in [-0.39, 0.29) is 11.8 Å². The Morgan fingerprint density at radius 2 is 1.84 bits per heavy atom. The Bertz CT molecular complexity index is 806. The van der Waals surface area contributed by atoms with Crippen LogP contribution in [0.15, 0.2) is 30.3 Å². The molecule has 1 heterocycles. The van der Waals surface area contributed by atoms with E-state index in [0.717, 1.165) is 6.07 Å². The molecule has 7 heteroatoms. The first-order valence-corrected chi connectivity index (χ1v) is 8.59. The number of carbonyl (C=O) groups is 1. The zero-order chi connectivity index (χ0) is 18.1. The van der Waals surface area contributed by atoms with Crippen LogP contribution in [0.1, 0.15) is 18.4 Å². The van der Waals surface area contributed by atoms with Gasteiger partial charge >= 0.3 is 0 Å². The fourth-order valence-electron chi connectivity index (χ4n) is 3.14. The van der Waals surface area contributed by atoms with Gasteiger partial charge in [-0.15, -0.1) is 0 Å². The van der Waals surface area contributed by atoms with Gasteiger partial charge in [0, 0.05) is 24.7 Å². The molecule has 0 spiro atoms. The number of hydrogen-bond donors (Lipinski definition) is 1. The number of benzene rings is 2. The Kier molecular flexibility index (Phi) is 5.16. The lowest BCUT2D eigenvalue weighted by atomic mass is 9.90. The molecule has 2 aromatic carbocycles. The van der Waals surface area contributed by atoms with Crippen LogP contribution in [0.3, 0.4) is 0 Å². The first-order valence-electron chi connectivity index (χ1n) is 7.84. The summed E-state index contributed by atoms with van der Waals surface area (Å²) >= 11 is 12.4. The Hall–Kier alpha value is -1.85. The maximum atomic E-state index is 13.9. The standard InChI is InChI=1S/C18H16Cl2F2N2O/c19-14-7-13(23)8-15(20)18(14)24-9-10(1-4-17(24)25)5-11-2-3-12(21)6-16(11)22/h2-3,6-8,10H,1,4-5,9,23H2. The second-order valence-corrected chi connectivity index (χ2v) is 7.00. The SMILES string of the molecule is Nc1cc(Cl)c(N2CC(Cc3ccc(F)cc3F)CCC2=O)c(Cl)c1. The summed E-state index contributed by atoms with van der Waals surface area (Å²) in [6.45, 7) is 0.360. The lowest BCUT2D eigenvalue weighted by Gasteiger charge is -2.34. The number of anilines is 2. The van der Waals surface area contributed by atoms with Gasteiger partial charge in [0.05, 0.1) is 15.7 Å².